The Morgan fingerprint density at radius 3 is 0.841 bits per heavy atom. The number of aliphatic hydroxyl groups is 1. The number of ether oxygens (including phenoxy) is 15. The van der Waals surface area contributed by atoms with E-state index in [0.29, 0.717) is 11.1 Å². The van der Waals surface area contributed by atoms with Crippen molar-refractivity contribution in [3.63, 3.8) is 0 Å². The Bertz CT molecular complexity index is 5740. The molecule has 6 aromatic rings. The average Bonchev–Trinajstić information content (AvgIpc) is 0.761. The minimum atomic E-state index is -6.44. The van der Waals surface area contributed by atoms with Crippen LogP contribution >= 0.6 is 0 Å². The van der Waals surface area contributed by atoms with Crippen LogP contribution in [0.5, 0.6) is 0 Å². The highest BCUT2D eigenvalue weighted by molar-refractivity contribution is 7.84. The first kappa shape index (κ1) is 105. The molecule has 0 aromatic heterocycles. The molecule has 732 valence electrons. The maximum Gasteiger partial charge on any atom is 0.397 e. The van der Waals surface area contributed by atoms with Crippen LogP contribution in [0.15, 0.2) is 182 Å². The number of benzene rings is 6. The highest BCUT2D eigenvalue weighted by Gasteiger charge is 2.63. The Morgan fingerprint density at radius 1 is 0.273 bits per heavy atom. The Kier molecular flexibility index (Phi) is 36.4. The smallest absolute Gasteiger partial charge is 0.397 e. The molecule has 11 rings (SSSR count). The fraction of sp³-hybridized carbons (Fsp3) is 0.472. The van der Waals surface area contributed by atoms with Gasteiger partial charge >= 0.3 is 94.8 Å². The van der Waals surface area contributed by atoms with Crippen molar-refractivity contribution in [3.8, 4) is 0 Å². The minimum absolute atomic E-state index is 0.00760. The van der Waals surface area contributed by atoms with E-state index in [0.717, 1.165) is 0 Å². The topological polar surface area (TPSA) is 750 Å². The van der Waals surface area contributed by atoms with Gasteiger partial charge in [0, 0.05) is 0 Å². The standard InChI is InChI=1S/C72H87N3O49S8/c76-66(77)62-60(119-69-50(74-126(84,85)86)56(107-33-42-23-11-3-12-24-42)52(46(115-69)37-111-128(90,91)92)105-31-40-19-7-1-8-20-40)58(108-34-43-25-13-4-14-26-43)64(110-36-45-29-17-6-18-30-45)71(121-62)118-54-48(39-113-130(96,97)98)116-70(51(75-127(87,88)89)57(54)123-131(99,100)101)120-61-59(109-35-44-27-15-5-16-28-44)65(124-132(102,103)104)72(122-63(61)67(78)79)117-53-47(38-112-129(93,94)95)114-68(80)49(73-125(81,82)83)55(53)106-32-41-21-9-2-10-22-41/h1-30,46-65,68-75,80H,31-39H2,(H,76,77)(H,78,79)(H,81,82,83)(H,84,85,86)(H,87,88,89)(H,90,91,92)(H,93,94,95)(H,96,97,98)(H,99,100,101)(H,102,103,104)/t46-,47-,48-,49-,50-,51-,52-,53-,54-,55-,56-,57-,58+,59+,60+,61+,62+,63-,64-,65-,68+,69-,70-,71-,72-/m1/s1. The fourth-order valence-electron chi connectivity index (χ4n) is 14.4. The van der Waals surface area contributed by atoms with E-state index >= 15 is 0 Å². The van der Waals surface area contributed by atoms with Gasteiger partial charge in [0.05, 0.1) is 59.5 Å². The molecular formula is C72H87N3O49S8. The molecule has 5 heterocycles. The van der Waals surface area contributed by atoms with Crippen molar-refractivity contribution in [2.24, 2.45) is 0 Å². The van der Waals surface area contributed by atoms with E-state index in [4.69, 9.17) is 87.8 Å². The second-order valence-corrected chi connectivity index (χ2v) is 38.0. The van der Waals surface area contributed by atoms with Gasteiger partial charge in [-0.2, -0.15) is 81.5 Å². The number of carbonyl (C=O) groups is 2. The summed E-state index contributed by atoms with van der Waals surface area (Å²) in [4.78, 5) is 28.7. The van der Waals surface area contributed by atoms with Gasteiger partial charge in [0.15, 0.2) is 49.8 Å². The number of aliphatic carboxylic acids is 2. The van der Waals surface area contributed by atoms with Gasteiger partial charge in [0.1, 0.15) is 104 Å². The van der Waals surface area contributed by atoms with Gasteiger partial charge < -0.3 is 86.4 Å². The molecule has 0 spiro atoms. The molecular weight excluding hydrogens is 1950 g/mol. The Balaban J connectivity index is 1.05. The molecule has 0 unspecified atom stereocenters. The summed E-state index contributed by atoms with van der Waals surface area (Å²) >= 11 is 0. The average molecular weight is 2030 g/mol. The summed E-state index contributed by atoms with van der Waals surface area (Å²) in [7, 11) is -47.2. The van der Waals surface area contributed by atoms with Crippen molar-refractivity contribution in [2.45, 2.75) is 193 Å². The molecule has 0 amide bonds. The van der Waals surface area contributed by atoms with Gasteiger partial charge in [0.2, 0.25) is 0 Å². The molecule has 0 radical (unpaired) electrons. The fourth-order valence-corrected chi connectivity index (χ4v) is 18.1. The van der Waals surface area contributed by atoms with Crippen LogP contribution in [0.2, 0.25) is 0 Å². The normalized spacial score (nSPS) is 30.1. The maximum absolute atomic E-state index is 14.5. The number of aliphatic hydroxyl groups excluding tert-OH is 1. The van der Waals surface area contributed by atoms with Crippen LogP contribution in [0.25, 0.3) is 0 Å². The zero-order valence-corrected chi connectivity index (χ0v) is 73.8. The Hall–Kier alpha value is -7.42. The first-order valence-corrected chi connectivity index (χ1v) is 49.5. The van der Waals surface area contributed by atoms with Crippen molar-refractivity contribution < 1.29 is 221 Å². The van der Waals surface area contributed by atoms with Crippen molar-refractivity contribution in [1.29, 1.82) is 0 Å². The summed E-state index contributed by atoms with van der Waals surface area (Å²) in [6, 6.07) is 36.4. The molecule has 25 atom stereocenters. The molecule has 5 aliphatic rings. The highest BCUT2D eigenvalue weighted by Crippen LogP contribution is 2.42. The summed E-state index contributed by atoms with van der Waals surface area (Å²) in [6.45, 7) is -8.91. The summed E-state index contributed by atoms with van der Waals surface area (Å²) in [5.74, 6) is -4.59. The number of hydrogen-bond donors (Lipinski definition) is 14. The largest absolute Gasteiger partial charge is 0.479 e. The lowest BCUT2D eigenvalue weighted by Crippen LogP contribution is -2.72. The lowest BCUT2D eigenvalue weighted by atomic mass is 9.94. The van der Waals surface area contributed by atoms with E-state index in [9.17, 15) is 129 Å². The van der Waals surface area contributed by atoms with Crippen molar-refractivity contribution in [2.75, 3.05) is 19.8 Å². The molecule has 0 aliphatic carbocycles. The second-order valence-electron chi connectivity index (χ2n) is 29.1. The lowest BCUT2D eigenvalue weighted by Gasteiger charge is -2.51. The van der Waals surface area contributed by atoms with Crippen LogP contribution in [0.1, 0.15) is 33.4 Å². The molecule has 5 saturated heterocycles. The minimum Gasteiger partial charge on any atom is -0.479 e. The van der Waals surface area contributed by atoms with Crippen LogP contribution in [0.4, 0.5) is 0 Å². The third kappa shape index (κ3) is 32.1. The number of hydrogen-bond acceptors (Lipinski definition) is 39. The van der Waals surface area contributed by atoms with Crippen molar-refractivity contribution >= 4 is 94.8 Å². The Labute approximate surface area is 753 Å². The van der Waals surface area contributed by atoms with Gasteiger partial charge in [0.25, 0.3) is 0 Å². The second kappa shape index (κ2) is 45.7. The number of nitrogens with one attached hydrogen (secondary N) is 3. The molecule has 132 heavy (non-hydrogen) atoms. The van der Waals surface area contributed by atoms with E-state index in [-0.39, 0.29) is 22.3 Å². The number of carboxylic acid groups (broad SMARTS) is 2. The van der Waals surface area contributed by atoms with Crippen molar-refractivity contribution in [3.05, 3.63) is 215 Å². The summed E-state index contributed by atoms with van der Waals surface area (Å²) in [5, 5.41) is 34.4. The van der Waals surface area contributed by atoms with Crippen LogP contribution < -0.4 is 14.2 Å². The third-order valence-corrected chi connectivity index (χ3v) is 23.7. The molecule has 6 aromatic carbocycles. The summed E-state index contributed by atoms with van der Waals surface area (Å²) in [6.07, 6.45) is -58.5. The van der Waals surface area contributed by atoms with Crippen LogP contribution in [0.3, 0.4) is 0 Å². The summed E-state index contributed by atoms with van der Waals surface area (Å²) < 4.78 is 415. The van der Waals surface area contributed by atoms with Gasteiger partial charge in [-0.15, -0.1) is 0 Å². The van der Waals surface area contributed by atoms with Gasteiger partial charge in [-0.25, -0.2) is 30.5 Å². The first-order chi connectivity index (χ1) is 62.0. The highest BCUT2D eigenvalue weighted by atomic mass is 32.3. The van der Waals surface area contributed by atoms with Gasteiger partial charge in [-0.1, -0.05) is 182 Å². The monoisotopic (exact) mass is 2030 g/mol. The predicted octanol–water partition coefficient (Wildman–Crippen LogP) is -1.06. The van der Waals surface area contributed by atoms with Crippen LogP contribution in [-0.2, 0) is 224 Å². The molecule has 5 aliphatic heterocycles. The molecule has 5 fully saturated rings. The molecule has 52 nitrogen and oxygen atoms in total. The van der Waals surface area contributed by atoms with E-state index in [1.165, 1.54) is 138 Å². The third-order valence-electron chi connectivity index (χ3n) is 19.8. The molecule has 60 heteroatoms. The Morgan fingerprint density at radius 2 is 0.523 bits per heavy atom. The maximum atomic E-state index is 14.5. The van der Waals surface area contributed by atoms with E-state index in [1.807, 2.05) is 4.72 Å². The zero-order chi connectivity index (χ0) is 95.9. The van der Waals surface area contributed by atoms with Crippen LogP contribution in [0, 0.1) is 0 Å². The molecule has 14 N–H and O–H groups in total. The first-order valence-electron chi connectivity index (χ1n) is 38.3. The summed E-state index contributed by atoms with van der Waals surface area (Å²) in [5.41, 5.74) is 1.31. The van der Waals surface area contributed by atoms with Gasteiger partial charge in [-0.05, 0) is 33.4 Å². The predicted molar refractivity (Wildman–Crippen MR) is 431 cm³/mol. The number of rotatable bonds is 47. The zero-order valence-electron chi connectivity index (χ0n) is 67.3. The molecule has 0 bridgehead atoms. The van der Waals surface area contributed by atoms with E-state index in [2.05, 4.69) is 4.18 Å². The van der Waals surface area contributed by atoms with Crippen LogP contribution in [-0.4, -0.2) is 304 Å². The lowest BCUT2D eigenvalue weighted by molar-refractivity contribution is -0.380. The van der Waals surface area contributed by atoms with Crippen molar-refractivity contribution in [1.82, 2.24) is 14.2 Å². The quantitative estimate of drug-likeness (QED) is 0.0203. The van der Waals surface area contributed by atoms with E-state index < -0.39 is 308 Å². The van der Waals surface area contributed by atoms with Gasteiger partial charge in [-0.3, -0.25) is 36.4 Å². The van der Waals surface area contributed by atoms with E-state index in [1.54, 1.807) is 53.3 Å². The molecule has 0 saturated carbocycles. The number of carboxylic acids is 2. The SMILES string of the molecule is O=C(O)[C@H]1O[C@@H](O[C@H]2[C@H](OS(=O)(=O)O)[C@@H](NS(=O)(=O)O)[C@@H](O[C@H]3[C@H](OCc4ccccc4)[C@@H](OS(=O)(=O)O)[C@H](O[C@H]4[C@H](OCc5ccccc5)[C@@H](NS(=O)(=O)O)[C@@H](O)O[C@@H]4COS(=O)(=O)O)O[C@H]3C(=O)O)O[C@@H]2COS(=O)(=O)O)[C@H](OCc2ccccc2)[C@@H](OCc2ccccc2)[C@@H]1O[C@H]1O[C@H](COS(=O)(=O)O)[C@@H](OCc2ccccc2)[C@H](OCc2ccccc2)[C@H]1NS(=O)(=O)O.